The van der Waals surface area contributed by atoms with Crippen molar-refractivity contribution >= 4 is 5.91 Å². The number of carbonyl (C=O) groups is 1. The van der Waals surface area contributed by atoms with Crippen molar-refractivity contribution in [3.05, 3.63) is 89.2 Å². The number of carbonyl (C=O) groups excluding carboxylic acids is 1. The minimum atomic E-state index is 0.0104. The van der Waals surface area contributed by atoms with Crippen molar-refractivity contribution in [3.63, 3.8) is 0 Å². The average molecular weight is 426 g/mol. The predicted molar refractivity (Wildman–Crippen MR) is 128 cm³/mol. The van der Waals surface area contributed by atoms with E-state index in [1.54, 1.807) is 12.4 Å². The highest BCUT2D eigenvalue weighted by Crippen LogP contribution is 2.39. The Morgan fingerprint density at radius 3 is 2.75 bits per heavy atom. The lowest BCUT2D eigenvalue weighted by Gasteiger charge is -2.25. The summed E-state index contributed by atoms with van der Waals surface area (Å²) >= 11 is 0. The fraction of sp³-hybridized carbons (Fsp3) is 0.357. The van der Waals surface area contributed by atoms with Gasteiger partial charge in [-0.3, -0.25) is 14.7 Å². The molecular weight excluding hydrogens is 394 g/mol. The molecule has 2 aliphatic rings. The van der Waals surface area contributed by atoms with Gasteiger partial charge < -0.3 is 5.32 Å². The van der Waals surface area contributed by atoms with E-state index in [9.17, 15) is 4.79 Å². The smallest absolute Gasteiger partial charge is 0.253 e. The first-order valence-corrected chi connectivity index (χ1v) is 11.7. The lowest BCUT2D eigenvalue weighted by molar-refractivity contribution is 0.0926. The Morgan fingerprint density at radius 2 is 1.91 bits per heavy atom. The molecule has 1 saturated carbocycles. The van der Waals surface area contributed by atoms with Gasteiger partial charge in [-0.05, 0) is 85.5 Å². The van der Waals surface area contributed by atoms with Gasteiger partial charge in [-0.15, -0.1) is 0 Å². The molecule has 2 aromatic carbocycles. The zero-order valence-electron chi connectivity index (χ0n) is 18.9. The molecule has 164 valence electrons. The second-order valence-electron chi connectivity index (χ2n) is 9.41. The van der Waals surface area contributed by atoms with Crippen molar-refractivity contribution in [3.8, 4) is 11.1 Å². The van der Waals surface area contributed by atoms with Crippen LogP contribution in [-0.2, 0) is 6.54 Å². The molecule has 2 heterocycles. The Morgan fingerprint density at radius 1 is 1.03 bits per heavy atom. The second-order valence-corrected chi connectivity index (χ2v) is 9.41. The van der Waals surface area contributed by atoms with Crippen LogP contribution >= 0.6 is 0 Å². The van der Waals surface area contributed by atoms with E-state index in [0.29, 0.717) is 17.5 Å². The molecule has 5 rings (SSSR count). The summed E-state index contributed by atoms with van der Waals surface area (Å²) in [4.78, 5) is 19.5. The van der Waals surface area contributed by atoms with Crippen molar-refractivity contribution in [2.24, 2.45) is 5.92 Å². The van der Waals surface area contributed by atoms with Crippen LogP contribution < -0.4 is 5.32 Å². The molecule has 2 fully saturated rings. The van der Waals surface area contributed by atoms with E-state index >= 15 is 0 Å². The fourth-order valence-corrected chi connectivity index (χ4v) is 5.65. The second kappa shape index (κ2) is 8.87. The fourth-order valence-electron chi connectivity index (χ4n) is 5.65. The summed E-state index contributed by atoms with van der Waals surface area (Å²) in [6, 6.07) is 20.3. The molecule has 1 aromatic heterocycles. The molecule has 4 nitrogen and oxygen atoms in total. The van der Waals surface area contributed by atoms with E-state index < -0.39 is 0 Å². The van der Waals surface area contributed by atoms with Crippen molar-refractivity contribution in [2.75, 3.05) is 6.54 Å². The molecule has 1 saturated heterocycles. The highest BCUT2D eigenvalue weighted by atomic mass is 16.1. The minimum absolute atomic E-state index is 0.0104. The first kappa shape index (κ1) is 20.9. The molecule has 0 spiro atoms. The zero-order valence-corrected chi connectivity index (χ0v) is 18.9. The van der Waals surface area contributed by atoms with Crippen molar-refractivity contribution in [1.82, 2.24) is 15.2 Å². The number of rotatable bonds is 5. The predicted octanol–water partition coefficient (Wildman–Crippen LogP) is 5.15. The van der Waals surface area contributed by atoms with Crippen molar-refractivity contribution in [2.45, 2.75) is 51.7 Å². The third-order valence-corrected chi connectivity index (χ3v) is 7.23. The van der Waals surface area contributed by atoms with Crippen LogP contribution in [0.15, 0.2) is 67.0 Å². The Hall–Kier alpha value is -2.98. The number of aryl methyl sites for hydroxylation is 2. The van der Waals surface area contributed by atoms with Crippen LogP contribution in [0.5, 0.6) is 0 Å². The molecule has 1 amide bonds. The number of nitrogens with one attached hydrogen (secondary N) is 1. The van der Waals surface area contributed by atoms with Gasteiger partial charge in [0.15, 0.2) is 0 Å². The number of pyridine rings is 1. The number of likely N-dealkylation sites (tertiary alicyclic amines) is 1. The first-order valence-electron chi connectivity index (χ1n) is 11.7. The van der Waals surface area contributed by atoms with Crippen LogP contribution in [0, 0.1) is 19.8 Å². The molecule has 1 aliphatic carbocycles. The number of benzene rings is 2. The molecule has 1 N–H and O–H groups in total. The Balaban J connectivity index is 1.25. The van der Waals surface area contributed by atoms with E-state index in [4.69, 9.17) is 0 Å². The third-order valence-electron chi connectivity index (χ3n) is 7.23. The molecule has 32 heavy (non-hydrogen) atoms. The van der Waals surface area contributed by atoms with Gasteiger partial charge in [0.05, 0.1) is 5.56 Å². The highest BCUT2D eigenvalue weighted by Gasteiger charge is 2.44. The van der Waals surface area contributed by atoms with E-state index in [1.807, 2.05) is 13.0 Å². The van der Waals surface area contributed by atoms with Crippen LogP contribution in [-0.4, -0.2) is 34.4 Å². The van der Waals surface area contributed by atoms with Gasteiger partial charge in [0.25, 0.3) is 5.91 Å². The van der Waals surface area contributed by atoms with Crippen molar-refractivity contribution in [1.29, 1.82) is 0 Å². The summed E-state index contributed by atoms with van der Waals surface area (Å²) in [6.07, 6.45) is 6.81. The standard InChI is InChI=1S/C28H31N3O/c1-19-14-23(17-29-16-19)28(32)30-26-10-11-27-25(26)12-13-31(27)18-21-7-5-8-22(15-21)24-9-4-3-6-20(24)2/h3-9,14-17,25-27H,10-13,18H2,1-2H3,(H,30,32). The van der Waals surface area contributed by atoms with E-state index in [0.717, 1.165) is 37.9 Å². The maximum atomic E-state index is 12.7. The number of hydrogen-bond donors (Lipinski definition) is 1. The molecule has 3 atom stereocenters. The number of amides is 1. The molecular formula is C28H31N3O. The van der Waals surface area contributed by atoms with E-state index in [2.05, 4.69) is 70.7 Å². The number of nitrogens with zero attached hydrogens (tertiary/aromatic N) is 2. The van der Waals surface area contributed by atoms with Crippen LogP contribution in [0.25, 0.3) is 11.1 Å². The quantitative estimate of drug-likeness (QED) is 0.615. The summed E-state index contributed by atoms with van der Waals surface area (Å²) in [5, 5.41) is 3.31. The maximum absolute atomic E-state index is 12.7. The third kappa shape index (κ3) is 4.20. The number of fused-ring (bicyclic) bond motifs is 1. The number of hydrogen-bond acceptors (Lipinski definition) is 3. The average Bonchev–Trinajstić information content (AvgIpc) is 3.38. The minimum Gasteiger partial charge on any atom is -0.349 e. The summed E-state index contributed by atoms with van der Waals surface area (Å²) < 4.78 is 0. The normalized spacial score (nSPS) is 22.6. The zero-order chi connectivity index (χ0) is 22.1. The Bertz CT molecular complexity index is 1120. The molecule has 3 aromatic rings. The first-order chi connectivity index (χ1) is 15.6. The number of aromatic nitrogens is 1. The summed E-state index contributed by atoms with van der Waals surface area (Å²) in [5.41, 5.74) is 6.95. The van der Waals surface area contributed by atoms with Crippen LogP contribution in [0.1, 0.15) is 46.3 Å². The van der Waals surface area contributed by atoms with E-state index in [1.165, 1.54) is 22.3 Å². The highest BCUT2D eigenvalue weighted by molar-refractivity contribution is 5.94. The largest absolute Gasteiger partial charge is 0.349 e. The van der Waals surface area contributed by atoms with Gasteiger partial charge in [-0.1, -0.05) is 42.5 Å². The topological polar surface area (TPSA) is 45.2 Å². The summed E-state index contributed by atoms with van der Waals surface area (Å²) in [7, 11) is 0. The van der Waals surface area contributed by atoms with Gasteiger partial charge in [0.2, 0.25) is 0 Å². The monoisotopic (exact) mass is 425 g/mol. The lowest BCUT2D eigenvalue weighted by atomic mass is 9.98. The molecule has 0 radical (unpaired) electrons. The van der Waals surface area contributed by atoms with Gasteiger partial charge in [-0.2, -0.15) is 0 Å². The van der Waals surface area contributed by atoms with Gasteiger partial charge in [-0.25, -0.2) is 0 Å². The van der Waals surface area contributed by atoms with Crippen LogP contribution in [0.2, 0.25) is 0 Å². The molecule has 0 bridgehead atoms. The lowest BCUT2D eigenvalue weighted by Crippen LogP contribution is -2.39. The van der Waals surface area contributed by atoms with E-state index in [-0.39, 0.29) is 11.9 Å². The van der Waals surface area contributed by atoms with Crippen LogP contribution in [0.3, 0.4) is 0 Å². The van der Waals surface area contributed by atoms with Gasteiger partial charge in [0, 0.05) is 31.0 Å². The summed E-state index contributed by atoms with van der Waals surface area (Å²) in [6.45, 7) is 6.22. The maximum Gasteiger partial charge on any atom is 0.253 e. The van der Waals surface area contributed by atoms with Gasteiger partial charge >= 0.3 is 0 Å². The van der Waals surface area contributed by atoms with Crippen molar-refractivity contribution < 1.29 is 4.79 Å². The Kier molecular flexibility index (Phi) is 5.79. The SMILES string of the molecule is Cc1cncc(C(=O)NC2CCC3C2CCN3Cc2cccc(-c3ccccc3C)c2)c1. The van der Waals surface area contributed by atoms with Gasteiger partial charge in [0.1, 0.15) is 0 Å². The summed E-state index contributed by atoms with van der Waals surface area (Å²) in [5.74, 6) is 0.549. The Labute approximate surface area is 190 Å². The molecule has 3 unspecified atom stereocenters. The molecule has 1 aliphatic heterocycles. The van der Waals surface area contributed by atoms with Crippen LogP contribution in [0.4, 0.5) is 0 Å². The molecule has 4 heteroatoms.